The van der Waals surface area contributed by atoms with Crippen LogP contribution >= 0.6 is 35.3 Å². The Balaban J connectivity index is 0.00000264. The van der Waals surface area contributed by atoms with Gasteiger partial charge in [-0.3, -0.25) is 4.99 Å². The first-order valence-corrected chi connectivity index (χ1v) is 8.06. The number of aliphatic imine (C=N–C) groups is 1. The van der Waals surface area contributed by atoms with E-state index in [-0.39, 0.29) is 30.1 Å². The fraction of sp³-hybridized carbons (Fsp3) is 0.375. The molecule has 0 fully saturated rings. The predicted octanol–water partition coefficient (Wildman–Crippen LogP) is 3.20. The Morgan fingerprint density at radius 1 is 1.30 bits per heavy atom. The Morgan fingerprint density at radius 3 is 2.65 bits per heavy atom. The number of nitrogens with one attached hydrogen (secondary N) is 2. The lowest BCUT2D eigenvalue weighted by molar-refractivity contribution is 0.224. The summed E-state index contributed by atoms with van der Waals surface area (Å²) in [5, 5.41) is 7.56. The number of rotatable bonds is 6. The second-order valence-corrected chi connectivity index (χ2v) is 6.23. The Kier molecular flexibility index (Phi) is 8.93. The van der Waals surface area contributed by atoms with Crippen LogP contribution in [0.4, 0.5) is 0 Å². The van der Waals surface area contributed by atoms with Gasteiger partial charge in [0.1, 0.15) is 16.9 Å². The number of halogens is 1. The zero-order chi connectivity index (χ0) is 15.8. The van der Waals surface area contributed by atoms with Crippen LogP contribution in [0.5, 0.6) is 5.75 Å². The van der Waals surface area contributed by atoms with Crippen LogP contribution < -0.4 is 15.4 Å². The van der Waals surface area contributed by atoms with E-state index in [4.69, 9.17) is 4.74 Å². The van der Waals surface area contributed by atoms with E-state index in [1.54, 1.807) is 18.4 Å². The maximum absolute atomic E-state index is 5.82. The maximum atomic E-state index is 5.82. The minimum Gasteiger partial charge on any atom is -0.489 e. The molecule has 0 aliphatic rings. The van der Waals surface area contributed by atoms with Crippen LogP contribution in [-0.2, 0) is 6.54 Å². The topological polar surface area (TPSA) is 58.5 Å². The third-order valence-corrected chi connectivity index (χ3v) is 3.85. The SMILES string of the molecule is CN=C(NCc1ncc(C)s1)NCC(C)Oc1ccccc1.I. The standard InChI is InChI=1S/C16H22N4OS.HI/c1-12(21-14-7-5-4-6-8-14)9-19-16(17-3)20-11-15-18-10-13(2)22-15;/h4-8,10,12H,9,11H2,1-3H3,(H2,17,19,20);1H. The summed E-state index contributed by atoms with van der Waals surface area (Å²) in [4.78, 5) is 9.74. The van der Waals surface area contributed by atoms with Crippen molar-refractivity contribution >= 4 is 41.3 Å². The number of thiazole rings is 1. The molecule has 2 aromatic rings. The average molecular weight is 446 g/mol. The Morgan fingerprint density at radius 2 is 2.04 bits per heavy atom. The summed E-state index contributed by atoms with van der Waals surface area (Å²) in [6.45, 7) is 5.42. The number of para-hydroxylation sites is 1. The van der Waals surface area contributed by atoms with Crippen LogP contribution in [0.15, 0.2) is 41.5 Å². The predicted molar refractivity (Wildman–Crippen MR) is 107 cm³/mol. The van der Waals surface area contributed by atoms with Gasteiger partial charge in [-0.05, 0) is 26.0 Å². The van der Waals surface area contributed by atoms with Crippen molar-refractivity contribution in [1.29, 1.82) is 0 Å². The van der Waals surface area contributed by atoms with Crippen molar-refractivity contribution < 1.29 is 4.74 Å². The molecule has 0 spiro atoms. The summed E-state index contributed by atoms with van der Waals surface area (Å²) >= 11 is 1.69. The van der Waals surface area contributed by atoms with Gasteiger partial charge in [0.05, 0.1) is 13.1 Å². The number of hydrogen-bond donors (Lipinski definition) is 2. The average Bonchev–Trinajstić information content (AvgIpc) is 2.94. The highest BCUT2D eigenvalue weighted by molar-refractivity contribution is 14.0. The lowest BCUT2D eigenvalue weighted by atomic mass is 10.3. The normalized spacial score (nSPS) is 12.2. The van der Waals surface area contributed by atoms with Gasteiger partial charge < -0.3 is 15.4 Å². The minimum absolute atomic E-state index is 0. The van der Waals surface area contributed by atoms with Gasteiger partial charge in [-0.25, -0.2) is 4.98 Å². The van der Waals surface area contributed by atoms with Gasteiger partial charge >= 0.3 is 0 Å². The van der Waals surface area contributed by atoms with E-state index in [2.05, 4.69) is 27.5 Å². The van der Waals surface area contributed by atoms with Crippen LogP contribution in [-0.4, -0.2) is 30.6 Å². The summed E-state index contributed by atoms with van der Waals surface area (Å²) in [6, 6.07) is 9.81. The first-order chi connectivity index (χ1) is 10.7. The number of ether oxygens (including phenoxy) is 1. The van der Waals surface area contributed by atoms with Gasteiger partial charge in [-0.1, -0.05) is 18.2 Å². The molecule has 0 saturated heterocycles. The molecule has 0 amide bonds. The van der Waals surface area contributed by atoms with E-state index in [1.165, 1.54) is 4.88 Å². The van der Waals surface area contributed by atoms with Crippen molar-refractivity contribution in [1.82, 2.24) is 15.6 Å². The summed E-state index contributed by atoms with van der Waals surface area (Å²) in [7, 11) is 1.76. The molecule has 1 aromatic carbocycles. The van der Waals surface area contributed by atoms with Crippen molar-refractivity contribution in [2.45, 2.75) is 26.5 Å². The first-order valence-electron chi connectivity index (χ1n) is 7.25. The van der Waals surface area contributed by atoms with Gasteiger partial charge in [0.15, 0.2) is 5.96 Å². The monoisotopic (exact) mass is 446 g/mol. The second-order valence-electron chi connectivity index (χ2n) is 4.91. The smallest absolute Gasteiger partial charge is 0.191 e. The Bertz CT molecular complexity index is 603. The van der Waals surface area contributed by atoms with Gasteiger partial charge in [0.2, 0.25) is 0 Å². The molecule has 0 saturated carbocycles. The van der Waals surface area contributed by atoms with E-state index in [1.807, 2.05) is 43.5 Å². The number of aromatic nitrogens is 1. The van der Waals surface area contributed by atoms with Crippen molar-refractivity contribution in [2.75, 3.05) is 13.6 Å². The molecule has 0 aliphatic heterocycles. The fourth-order valence-corrected chi connectivity index (χ4v) is 2.60. The lowest BCUT2D eigenvalue weighted by Gasteiger charge is -2.17. The Labute approximate surface area is 158 Å². The third-order valence-electron chi connectivity index (χ3n) is 2.94. The molecule has 0 bridgehead atoms. The van der Waals surface area contributed by atoms with Crippen molar-refractivity contribution in [3.05, 3.63) is 46.4 Å². The van der Waals surface area contributed by atoms with Crippen molar-refractivity contribution in [3.63, 3.8) is 0 Å². The van der Waals surface area contributed by atoms with Gasteiger partial charge in [-0.15, -0.1) is 35.3 Å². The van der Waals surface area contributed by atoms with Crippen LogP contribution in [0.1, 0.15) is 16.8 Å². The molecular weight excluding hydrogens is 423 g/mol. The summed E-state index contributed by atoms with van der Waals surface area (Å²) < 4.78 is 5.82. The molecule has 2 N–H and O–H groups in total. The zero-order valence-corrected chi connectivity index (χ0v) is 16.7. The van der Waals surface area contributed by atoms with Crippen molar-refractivity contribution in [2.24, 2.45) is 4.99 Å². The van der Waals surface area contributed by atoms with Crippen molar-refractivity contribution in [3.8, 4) is 5.75 Å². The zero-order valence-electron chi connectivity index (χ0n) is 13.6. The highest BCUT2D eigenvalue weighted by Gasteiger charge is 2.06. The molecule has 23 heavy (non-hydrogen) atoms. The number of benzene rings is 1. The van der Waals surface area contributed by atoms with Gasteiger partial charge in [0.25, 0.3) is 0 Å². The molecule has 126 valence electrons. The molecule has 2 rings (SSSR count). The van der Waals surface area contributed by atoms with E-state index in [9.17, 15) is 0 Å². The molecule has 0 radical (unpaired) electrons. The van der Waals surface area contributed by atoms with E-state index in [0.29, 0.717) is 13.1 Å². The molecule has 1 unspecified atom stereocenters. The van der Waals surface area contributed by atoms with Gasteiger partial charge in [-0.2, -0.15) is 0 Å². The number of nitrogens with zero attached hydrogens (tertiary/aromatic N) is 2. The lowest BCUT2D eigenvalue weighted by Crippen LogP contribution is -2.41. The number of hydrogen-bond acceptors (Lipinski definition) is 4. The van der Waals surface area contributed by atoms with Crippen LogP contribution in [0, 0.1) is 6.92 Å². The van der Waals surface area contributed by atoms with Crippen LogP contribution in [0.25, 0.3) is 0 Å². The molecule has 5 nitrogen and oxygen atoms in total. The third kappa shape index (κ3) is 7.17. The van der Waals surface area contributed by atoms with Crippen LogP contribution in [0.3, 0.4) is 0 Å². The second kappa shape index (κ2) is 10.4. The summed E-state index contributed by atoms with van der Waals surface area (Å²) in [5.74, 6) is 1.62. The number of guanidine groups is 1. The van der Waals surface area contributed by atoms with Crippen LogP contribution in [0.2, 0.25) is 0 Å². The molecule has 1 atom stereocenters. The summed E-state index contributed by atoms with van der Waals surface area (Å²) in [5.41, 5.74) is 0. The maximum Gasteiger partial charge on any atom is 0.191 e. The molecule has 1 aromatic heterocycles. The highest BCUT2D eigenvalue weighted by atomic mass is 127. The van der Waals surface area contributed by atoms with Gasteiger partial charge in [0, 0.05) is 18.1 Å². The largest absolute Gasteiger partial charge is 0.489 e. The molecule has 1 heterocycles. The first kappa shape index (κ1) is 19.7. The van der Waals surface area contributed by atoms with E-state index < -0.39 is 0 Å². The molecule has 0 aliphatic carbocycles. The van der Waals surface area contributed by atoms with E-state index in [0.717, 1.165) is 16.7 Å². The molecule has 7 heteroatoms. The van der Waals surface area contributed by atoms with E-state index >= 15 is 0 Å². The minimum atomic E-state index is 0. The molecular formula is C16H23IN4OS. The number of aryl methyl sites for hydroxylation is 1. The highest BCUT2D eigenvalue weighted by Crippen LogP contribution is 2.11. The Hall–Kier alpha value is -1.35. The quantitative estimate of drug-likeness (QED) is 0.407. The fourth-order valence-electron chi connectivity index (χ4n) is 1.88. The summed E-state index contributed by atoms with van der Waals surface area (Å²) in [6.07, 6.45) is 1.93.